The summed E-state index contributed by atoms with van der Waals surface area (Å²) in [5.74, 6) is -0.125. The Kier molecular flexibility index (Phi) is 5.51. The van der Waals surface area contributed by atoms with Crippen molar-refractivity contribution >= 4 is 23.2 Å². The van der Waals surface area contributed by atoms with Gasteiger partial charge < -0.3 is 14.8 Å². The predicted molar refractivity (Wildman–Crippen MR) is 99.5 cm³/mol. The summed E-state index contributed by atoms with van der Waals surface area (Å²) < 4.78 is 0. The Morgan fingerprint density at radius 1 is 1.15 bits per heavy atom. The fourth-order valence-electron chi connectivity index (χ4n) is 3.11. The lowest BCUT2D eigenvalue weighted by molar-refractivity contribution is -0.130. The number of hydrogen-bond acceptors (Lipinski definition) is 5. The van der Waals surface area contributed by atoms with Crippen molar-refractivity contribution in [3.63, 3.8) is 0 Å². The van der Waals surface area contributed by atoms with Crippen LogP contribution in [-0.2, 0) is 11.2 Å². The Balaban J connectivity index is 1.63. The molecular weight excluding hydrogens is 352 g/mol. The molecule has 8 heteroatoms. The van der Waals surface area contributed by atoms with E-state index in [2.05, 4.69) is 9.97 Å². The minimum atomic E-state index is -0.279. The van der Waals surface area contributed by atoms with Gasteiger partial charge in [-0.25, -0.2) is 4.98 Å². The molecule has 0 radical (unpaired) electrons. The second kappa shape index (κ2) is 7.82. The maximum Gasteiger partial charge on any atom is 0.254 e. The van der Waals surface area contributed by atoms with Crippen LogP contribution in [0.25, 0.3) is 0 Å². The van der Waals surface area contributed by atoms with E-state index < -0.39 is 0 Å². The molecule has 2 aromatic rings. The fraction of sp³-hybridized carbons (Fsp3) is 0.444. The standard InChI is InChI=1S/C18H22N4O3S/c1-12-8-14(9-16(23)19-12)18(25)22-5-3-4-21(6-7-22)17(24)10-15-11-26-13(2)20-15/h8-9,11H,3-7,10H2,1-2H3,(H,19,23). The molecular formula is C18H22N4O3S. The van der Waals surface area contributed by atoms with Crippen LogP contribution in [-0.4, -0.2) is 57.8 Å². The number of carbonyl (C=O) groups excluding carboxylic acids is 2. The molecule has 7 nitrogen and oxygen atoms in total. The number of rotatable bonds is 3. The topological polar surface area (TPSA) is 86.4 Å². The van der Waals surface area contributed by atoms with Crippen molar-refractivity contribution in [3.8, 4) is 0 Å². The van der Waals surface area contributed by atoms with Crippen molar-refractivity contribution in [2.24, 2.45) is 0 Å². The highest BCUT2D eigenvalue weighted by molar-refractivity contribution is 7.09. The summed E-state index contributed by atoms with van der Waals surface area (Å²) in [7, 11) is 0. The summed E-state index contributed by atoms with van der Waals surface area (Å²) >= 11 is 1.54. The second-order valence-electron chi connectivity index (χ2n) is 6.48. The Bertz CT molecular complexity index is 873. The summed E-state index contributed by atoms with van der Waals surface area (Å²) in [5.41, 5.74) is 1.57. The number of pyridine rings is 1. The molecule has 0 atom stereocenters. The molecule has 0 spiro atoms. The number of carbonyl (C=O) groups is 2. The number of nitrogens with zero attached hydrogens (tertiary/aromatic N) is 3. The average Bonchev–Trinajstić information content (AvgIpc) is 2.84. The van der Waals surface area contributed by atoms with Crippen LogP contribution in [0.3, 0.4) is 0 Å². The van der Waals surface area contributed by atoms with Crippen molar-refractivity contribution in [2.45, 2.75) is 26.7 Å². The van der Waals surface area contributed by atoms with E-state index in [0.717, 1.165) is 17.1 Å². The summed E-state index contributed by atoms with van der Waals surface area (Å²) in [4.78, 5) is 47.3. The van der Waals surface area contributed by atoms with Crippen LogP contribution in [0, 0.1) is 13.8 Å². The highest BCUT2D eigenvalue weighted by atomic mass is 32.1. The van der Waals surface area contributed by atoms with Gasteiger partial charge in [-0.1, -0.05) is 0 Å². The highest BCUT2D eigenvalue weighted by Gasteiger charge is 2.23. The predicted octanol–water partition coefficient (Wildman–Crippen LogP) is 1.37. The van der Waals surface area contributed by atoms with Crippen LogP contribution < -0.4 is 5.56 Å². The third-order valence-electron chi connectivity index (χ3n) is 4.36. The lowest BCUT2D eigenvalue weighted by atomic mass is 10.2. The van der Waals surface area contributed by atoms with E-state index in [4.69, 9.17) is 0 Å². The molecule has 3 heterocycles. The first-order valence-electron chi connectivity index (χ1n) is 8.61. The quantitative estimate of drug-likeness (QED) is 0.879. The lowest BCUT2D eigenvalue weighted by Crippen LogP contribution is -2.38. The lowest BCUT2D eigenvalue weighted by Gasteiger charge is -2.22. The highest BCUT2D eigenvalue weighted by Crippen LogP contribution is 2.12. The fourth-order valence-corrected chi connectivity index (χ4v) is 3.73. The molecule has 2 aromatic heterocycles. The minimum Gasteiger partial charge on any atom is -0.341 e. The number of amides is 2. The number of H-pyrrole nitrogens is 1. The number of aromatic amines is 1. The monoisotopic (exact) mass is 374 g/mol. The van der Waals surface area contributed by atoms with Crippen molar-refractivity contribution in [1.82, 2.24) is 19.8 Å². The molecule has 2 amide bonds. The zero-order valence-corrected chi connectivity index (χ0v) is 15.8. The van der Waals surface area contributed by atoms with Gasteiger partial charge >= 0.3 is 0 Å². The Hall–Kier alpha value is -2.48. The molecule has 0 saturated carbocycles. The van der Waals surface area contributed by atoms with Gasteiger partial charge in [-0.3, -0.25) is 14.4 Å². The molecule has 1 saturated heterocycles. The summed E-state index contributed by atoms with van der Waals surface area (Å²) in [5, 5.41) is 2.87. The molecule has 0 unspecified atom stereocenters. The Morgan fingerprint density at radius 2 is 1.88 bits per heavy atom. The largest absolute Gasteiger partial charge is 0.341 e. The first-order valence-corrected chi connectivity index (χ1v) is 9.49. The molecule has 0 aliphatic carbocycles. The second-order valence-corrected chi connectivity index (χ2v) is 7.54. The van der Waals surface area contributed by atoms with Gasteiger partial charge in [-0.15, -0.1) is 11.3 Å². The van der Waals surface area contributed by atoms with Crippen molar-refractivity contribution in [3.05, 3.63) is 49.8 Å². The van der Waals surface area contributed by atoms with Gasteiger partial charge in [0.2, 0.25) is 11.5 Å². The Morgan fingerprint density at radius 3 is 2.58 bits per heavy atom. The number of thiazole rings is 1. The third-order valence-corrected chi connectivity index (χ3v) is 5.18. The molecule has 0 aromatic carbocycles. The van der Waals surface area contributed by atoms with Gasteiger partial charge in [-0.2, -0.15) is 0 Å². The number of hydrogen-bond donors (Lipinski definition) is 1. The maximum absolute atomic E-state index is 12.7. The zero-order valence-electron chi connectivity index (χ0n) is 14.9. The summed E-state index contributed by atoms with van der Waals surface area (Å²) in [6.07, 6.45) is 1.02. The number of nitrogens with one attached hydrogen (secondary N) is 1. The van der Waals surface area contributed by atoms with Crippen molar-refractivity contribution < 1.29 is 9.59 Å². The van der Waals surface area contributed by atoms with Crippen molar-refractivity contribution in [2.75, 3.05) is 26.2 Å². The number of aryl methyl sites for hydroxylation is 2. The van der Waals surface area contributed by atoms with Crippen LogP contribution in [0.4, 0.5) is 0 Å². The smallest absolute Gasteiger partial charge is 0.254 e. The van der Waals surface area contributed by atoms with Gasteiger partial charge in [0.25, 0.3) is 5.91 Å². The molecule has 1 N–H and O–H groups in total. The van der Waals surface area contributed by atoms with E-state index in [0.29, 0.717) is 43.9 Å². The van der Waals surface area contributed by atoms with E-state index in [1.165, 1.54) is 17.4 Å². The normalized spacial score (nSPS) is 15.0. The molecule has 1 aliphatic rings. The van der Waals surface area contributed by atoms with Crippen LogP contribution in [0.1, 0.15) is 33.2 Å². The van der Waals surface area contributed by atoms with E-state index in [-0.39, 0.29) is 17.4 Å². The van der Waals surface area contributed by atoms with Gasteiger partial charge in [0.15, 0.2) is 0 Å². The summed E-state index contributed by atoms with van der Waals surface area (Å²) in [6.45, 7) is 5.83. The first-order chi connectivity index (χ1) is 12.4. The van der Waals surface area contributed by atoms with Gasteiger partial charge in [0.1, 0.15) is 0 Å². The molecule has 3 rings (SSSR count). The summed E-state index contributed by atoms with van der Waals surface area (Å²) in [6, 6.07) is 3.01. The minimum absolute atomic E-state index is 0.0385. The Labute approximate surface area is 155 Å². The SMILES string of the molecule is Cc1cc(C(=O)N2CCCN(C(=O)Cc3csc(C)n3)CC2)cc(=O)[nH]1. The first kappa shape index (κ1) is 18.3. The van der Waals surface area contributed by atoms with Crippen LogP contribution in [0.5, 0.6) is 0 Å². The van der Waals surface area contributed by atoms with Gasteiger partial charge in [0, 0.05) is 48.9 Å². The van der Waals surface area contributed by atoms with Gasteiger partial charge in [-0.05, 0) is 26.3 Å². The van der Waals surface area contributed by atoms with E-state index in [1.54, 1.807) is 22.8 Å². The van der Waals surface area contributed by atoms with E-state index >= 15 is 0 Å². The number of aromatic nitrogens is 2. The molecule has 26 heavy (non-hydrogen) atoms. The average molecular weight is 374 g/mol. The van der Waals surface area contributed by atoms with Crippen LogP contribution >= 0.6 is 11.3 Å². The van der Waals surface area contributed by atoms with Crippen LogP contribution in [0.15, 0.2) is 22.3 Å². The third kappa shape index (κ3) is 4.37. The molecule has 1 fully saturated rings. The van der Waals surface area contributed by atoms with E-state index in [1.807, 2.05) is 12.3 Å². The van der Waals surface area contributed by atoms with E-state index in [9.17, 15) is 14.4 Å². The van der Waals surface area contributed by atoms with Crippen LogP contribution in [0.2, 0.25) is 0 Å². The van der Waals surface area contributed by atoms with Gasteiger partial charge in [0.05, 0.1) is 17.1 Å². The van der Waals surface area contributed by atoms with Crippen molar-refractivity contribution in [1.29, 1.82) is 0 Å². The molecule has 1 aliphatic heterocycles. The molecule has 138 valence electrons. The maximum atomic E-state index is 12.7. The molecule has 0 bridgehead atoms. The zero-order chi connectivity index (χ0) is 18.7.